The fraction of sp³-hybridized carbons (Fsp3) is 0.622. The number of rotatable bonds is 13. The lowest BCUT2D eigenvalue weighted by molar-refractivity contribution is -0.133. The van der Waals surface area contributed by atoms with E-state index < -0.39 is 56.1 Å². The molecule has 4 rings (SSSR count). The van der Waals surface area contributed by atoms with Gasteiger partial charge in [-0.25, -0.2) is 12.8 Å². The third-order valence-electron chi connectivity index (χ3n) is 10.2. The number of aliphatic hydroxyl groups excluding tert-OH is 1. The number of carbonyl (C=O) groups excluding carboxylic acids is 2. The predicted octanol–water partition coefficient (Wildman–Crippen LogP) is 3.99. The largest absolute Gasteiger partial charge is 0.390 e. The van der Waals surface area contributed by atoms with E-state index in [2.05, 4.69) is 20.9 Å². The van der Waals surface area contributed by atoms with Crippen molar-refractivity contribution < 1.29 is 27.5 Å². The number of β-amino-alcohol motifs (C(OH)–C–C–N with tert-alkyl or cyclic N) is 1. The number of sulfone groups is 1. The van der Waals surface area contributed by atoms with E-state index in [4.69, 9.17) is 0 Å². The molecule has 4 N–H and O–H groups in total. The molecular weight excluding hydrogens is 631 g/mol. The second-order valence-corrected chi connectivity index (χ2v) is 18.0. The van der Waals surface area contributed by atoms with Crippen molar-refractivity contribution >= 4 is 21.7 Å². The average Bonchev–Trinajstić information content (AvgIpc) is 3.00. The molecule has 2 fully saturated rings. The third-order valence-corrected chi connectivity index (χ3v) is 12.3. The summed E-state index contributed by atoms with van der Waals surface area (Å²) < 4.78 is 38.9. The number of hydrogen-bond acceptors (Lipinski definition) is 7. The maximum atomic E-state index is 14.5. The highest BCUT2D eigenvalue weighted by molar-refractivity contribution is 7.92. The molecule has 0 spiro atoms. The van der Waals surface area contributed by atoms with Gasteiger partial charge in [0.05, 0.1) is 22.9 Å². The van der Waals surface area contributed by atoms with E-state index in [1.54, 1.807) is 18.2 Å². The van der Waals surface area contributed by atoms with E-state index in [9.17, 15) is 27.5 Å². The van der Waals surface area contributed by atoms with Gasteiger partial charge in [0.25, 0.3) is 0 Å². The molecule has 266 valence electrons. The summed E-state index contributed by atoms with van der Waals surface area (Å²) in [7, 11) is -3.77. The summed E-state index contributed by atoms with van der Waals surface area (Å²) in [6, 6.07) is 13.1. The Bertz CT molecular complexity index is 1500. The van der Waals surface area contributed by atoms with Crippen molar-refractivity contribution in [2.45, 2.75) is 114 Å². The van der Waals surface area contributed by atoms with Gasteiger partial charge in [-0.05, 0) is 77.3 Å². The Labute approximate surface area is 286 Å². The zero-order valence-electron chi connectivity index (χ0n) is 29.3. The van der Waals surface area contributed by atoms with E-state index in [1.807, 2.05) is 51.1 Å². The summed E-state index contributed by atoms with van der Waals surface area (Å²) in [6.07, 6.45) is 5.51. The van der Waals surface area contributed by atoms with E-state index in [1.165, 1.54) is 26.3 Å². The van der Waals surface area contributed by atoms with Gasteiger partial charge < -0.3 is 21.1 Å². The van der Waals surface area contributed by atoms with Crippen LogP contribution in [0, 0.1) is 17.7 Å². The van der Waals surface area contributed by atoms with E-state index >= 15 is 0 Å². The number of halogens is 1. The molecule has 2 aromatic carbocycles. The first-order valence-electron chi connectivity index (χ1n) is 17.2. The van der Waals surface area contributed by atoms with Crippen molar-refractivity contribution in [3.8, 4) is 0 Å². The molecule has 0 bridgehead atoms. The molecule has 2 aliphatic rings. The number of nitrogens with one attached hydrogen (secondary N) is 3. The van der Waals surface area contributed by atoms with Gasteiger partial charge in [-0.2, -0.15) is 0 Å². The first-order chi connectivity index (χ1) is 22.5. The smallest absolute Gasteiger partial charge is 0.239 e. The molecule has 48 heavy (non-hydrogen) atoms. The minimum absolute atomic E-state index is 0.0605. The summed E-state index contributed by atoms with van der Waals surface area (Å²) in [5, 5.41) is 21.1. The van der Waals surface area contributed by atoms with Crippen molar-refractivity contribution in [3.63, 3.8) is 0 Å². The zero-order valence-corrected chi connectivity index (χ0v) is 30.2. The summed E-state index contributed by atoms with van der Waals surface area (Å²) >= 11 is 0. The molecule has 0 aromatic heterocycles. The van der Waals surface area contributed by atoms with Crippen LogP contribution in [0.3, 0.4) is 0 Å². The van der Waals surface area contributed by atoms with Gasteiger partial charge in [-0.15, -0.1) is 0 Å². The number of hydrogen-bond donors (Lipinski definition) is 4. The molecule has 0 radical (unpaired) electrons. The van der Waals surface area contributed by atoms with Crippen molar-refractivity contribution in [2.24, 2.45) is 11.8 Å². The maximum absolute atomic E-state index is 14.5. The Kier molecular flexibility index (Phi) is 12.5. The Balaban J connectivity index is 1.61. The Morgan fingerprint density at radius 3 is 2.23 bits per heavy atom. The highest BCUT2D eigenvalue weighted by atomic mass is 32.2. The van der Waals surface area contributed by atoms with Crippen molar-refractivity contribution in [1.29, 1.82) is 0 Å². The molecule has 9 nitrogen and oxygen atoms in total. The minimum Gasteiger partial charge on any atom is -0.390 e. The quantitative estimate of drug-likeness (QED) is 0.251. The summed E-state index contributed by atoms with van der Waals surface area (Å²) in [4.78, 5) is 29.8. The second-order valence-electron chi connectivity index (χ2n) is 15.4. The zero-order chi connectivity index (χ0) is 35.3. The summed E-state index contributed by atoms with van der Waals surface area (Å²) in [5.41, 5.74) is 0.769. The van der Waals surface area contributed by atoms with Gasteiger partial charge in [0.15, 0.2) is 9.84 Å². The minimum atomic E-state index is -3.77. The predicted molar refractivity (Wildman–Crippen MR) is 187 cm³/mol. The number of carbonyl (C=O) groups is 2. The van der Waals surface area contributed by atoms with Crippen LogP contribution >= 0.6 is 0 Å². The van der Waals surface area contributed by atoms with Crippen LogP contribution in [-0.2, 0) is 32.4 Å². The molecule has 11 heteroatoms. The number of aliphatic hydroxyl groups is 1. The highest BCUT2D eigenvalue weighted by Crippen LogP contribution is 2.39. The van der Waals surface area contributed by atoms with Crippen LogP contribution in [0.25, 0.3) is 0 Å². The molecular formula is C37H55FN4O5S. The monoisotopic (exact) mass is 686 g/mol. The van der Waals surface area contributed by atoms with Gasteiger partial charge in [0.2, 0.25) is 11.8 Å². The molecule has 2 amide bonds. The molecule has 1 saturated heterocycles. The van der Waals surface area contributed by atoms with Crippen LogP contribution in [0.2, 0.25) is 0 Å². The third kappa shape index (κ3) is 9.86. The number of fused-ring (bicyclic) bond motifs is 1. The van der Waals surface area contributed by atoms with Gasteiger partial charge in [-0.3, -0.25) is 14.5 Å². The highest BCUT2D eigenvalue weighted by Gasteiger charge is 2.45. The van der Waals surface area contributed by atoms with Crippen molar-refractivity contribution in [2.75, 3.05) is 19.3 Å². The van der Waals surface area contributed by atoms with Crippen LogP contribution in [0.15, 0.2) is 54.6 Å². The molecule has 1 saturated carbocycles. The van der Waals surface area contributed by atoms with Crippen LogP contribution < -0.4 is 16.0 Å². The SMILES string of the molecule is CC(C)(C)NC(=O)[C@@H]1CC2CCCCC2CN1C[C@@H](O)[C@H](Cc1ccccc1)NC(=O)[C@@H](NCc1ccccc1F)C(C)(C)S(C)(=O)=O. The Hall–Kier alpha value is -2.86. The lowest BCUT2D eigenvalue weighted by Gasteiger charge is -2.47. The Morgan fingerprint density at radius 2 is 1.60 bits per heavy atom. The molecule has 1 aliphatic carbocycles. The van der Waals surface area contributed by atoms with Gasteiger partial charge in [0.1, 0.15) is 11.9 Å². The second kappa shape index (κ2) is 15.8. The lowest BCUT2D eigenvalue weighted by Crippen LogP contribution is -2.63. The standard InChI is InChI=1S/C37H55FN4O5S/c1-36(2,3)41-34(44)31-21-26-16-10-11-18-28(26)23-42(31)24-32(43)30(20-25-14-8-7-9-15-25)40-35(45)33(37(4,5)48(6,46)47)39-22-27-17-12-13-19-29(27)38/h7-9,12-15,17,19,26,28,30-33,39,43H,10-11,16,18,20-24H2,1-6H3,(H,40,45)(H,41,44)/t26?,28?,30-,31-,32+,33+/m0/s1. The first-order valence-corrected chi connectivity index (χ1v) is 19.1. The van der Waals surface area contributed by atoms with Gasteiger partial charge in [-0.1, -0.05) is 67.8 Å². The van der Waals surface area contributed by atoms with Crippen LogP contribution in [0.1, 0.15) is 77.8 Å². The Morgan fingerprint density at radius 1 is 0.979 bits per heavy atom. The van der Waals surface area contributed by atoms with Crippen molar-refractivity contribution in [3.05, 3.63) is 71.5 Å². The summed E-state index contributed by atoms with van der Waals surface area (Å²) in [6.45, 7) is 9.57. The van der Waals surface area contributed by atoms with E-state index in [0.29, 0.717) is 23.9 Å². The lowest BCUT2D eigenvalue weighted by atomic mass is 9.72. The molecule has 6 atom stereocenters. The van der Waals surface area contributed by atoms with Crippen LogP contribution in [0.5, 0.6) is 0 Å². The average molecular weight is 687 g/mol. The fourth-order valence-corrected chi connectivity index (χ4v) is 7.75. The number of amides is 2. The topological polar surface area (TPSA) is 128 Å². The van der Waals surface area contributed by atoms with E-state index in [0.717, 1.165) is 37.5 Å². The van der Waals surface area contributed by atoms with Gasteiger partial charge in [0, 0.05) is 37.0 Å². The number of nitrogens with zero attached hydrogens (tertiary/aromatic N) is 1. The number of piperidine rings is 1. The van der Waals surface area contributed by atoms with Crippen molar-refractivity contribution in [1.82, 2.24) is 20.9 Å². The fourth-order valence-electron chi connectivity index (χ4n) is 7.13. The van der Waals surface area contributed by atoms with Crippen LogP contribution in [0.4, 0.5) is 4.39 Å². The molecule has 1 aliphatic heterocycles. The van der Waals surface area contributed by atoms with Gasteiger partial charge >= 0.3 is 0 Å². The maximum Gasteiger partial charge on any atom is 0.239 e. The normalized spacial score (nSPS) is 22.6. The summed E-state index contributed by atoms with van der Waals surface area (Å²) in [5.74, 6) is -0.244. The first kappa shape index (κ1) is 38.0. The van der Waals surface area contributed by atoms with Crippen LogP contribution in [-0.4, -0.2) is 84.1 Å². The molecule has 1 heterocycles. The molecule has 2 aromatic rings. The number of likely N-dealkylation sites (tertiary alicyclic amines) is 1. The number of benzene rings is 2. The molecule has 2 unspecified atom stereocenters. The van der Waals surface area contributed by atoms with E-state index in [-0.39, 0.29) is 25.4 Å².